The Morgan fingerprint density at radius 2 is 1.82 bits per heavy atom. The summed E-state index contributed by atoms with van der Waals surface area (Å²) in [6, 6.07) is 14.5. The van der Waals surface area contributed by atoms with Crippen LogP contribution >= 0.6 is 11.6 Å². The third kappa shape index (κ3) is 8.15. The number of nitrogens with zero attached hydrogens (tertiary/aromatic N) is 3. The van der Waals surface area contributed by atoms with Crippen LogP contribution in [0.1, 0.15) is 55.8 Å². The molecule has 0 spiro atoms. The SMILES string of the molecule is CCCCCCCCNC(=O)c1ccc(Cl)c(NC(=O)CNc2ncc(-c3nc(-c4ccccc4)n[nH]3)o2)c1. The highest BCUT2D eigenvalue weighted by atomic mass is 35.5. The predicted octanol–water partition coefficient (Wildman–Crippen LogP) is 5.92. The highest BCUT2D eigenvalue weighted by molar-refractivity contribution is 6.34. The molecule has 0 bridgehead atoms. The second-order valence-corrected chi connectivity index (χ2v) is 9.43. The summed E-state index contributed by atoms with van der Waals surface area (Å²) in [7, 11) is 0. The first kappa shape index (κ1) is 27.8. The third-order valence-electron chi connectivity index (χ3n) is 5.98. The second-order valence-electron chi connectivity index (χ2n) is 9.02. The van der Waals surface area contributed by atoms with Crippen LogP contribution in [0.3, 0.4) is 0 Å². The van der Waals surface area contributed by atoms with Gasteiger partial charge in [-0.1, -0.05) is 81.0 Å². The number of halogens is 1. The number of nitrogens with one attached hydrogen (secondary N) is 4. The van der Waals surface area contributed by atoms with Gasteiger partial charge < -0.3 is 20.4 Å². The van der Waals surface area contributed by atoms with E-state index in [1.165, 1.54) is 31.9 Å². The maximum atomic E-state index is 12.5. The van der Waals surface area contributed by atoms with Crippen molar-refractivity contribution in [3.63, 3.8) is 0 Å². The lowest BCUT2D eigenvalue weighted by Gasteiger charge is -2.10. The van der Waals surface area contributed by atoms with E-state index >= 15 is 0 Å². The van der Waals surface area contributed by atoms with E-state index in [1.54, 1.807) is 18.2 Å². The van der Waals surface area contributed by atoms with Crippen molar-refractivity contribution in [3.05, 3.63) is 65.3 Å². The maximum Gasteiger partial charge on any atom is 0.295 e. The summed E-state index contributed by atoms with van der Waals surface area (Å²) in [5.41, 5.74) is 1.64. The Hall–Kier alpha value is -4.18. The van der Waals surface area contributed by atoms with Gasteiger partial charge in [0.15, 0.2) is 17.4 Å². The molecular formula is C28H32ClN7O3. The van der Waals surface area contributed by atoms with Gasteiger partial charge in [-0.25, -0.2) is 9.97 Å². The fraction of sp³-hybridized carbons (Fsp3) is 0.321. The highest BCUT2D eigenvalue weighted by Crippen LogP contribution is 2.24. The Morgan fingerprint density at radius 3 is 2.64 bits per heavy atom. The number of carbonyl (C=O) groups excluding carboxylic acids is 2. The van der Waals surface area contributed by atoms with E-state index < -0.39 is 0 Å². The molecule has 0 aliphatic heterocycles. The van der Waals surface area contributed by atoms with Crippen LogP contribution in [0.15, 0.2) is 59.1 Å². The molecule has 204 valence electrons. The molecule has 0 atom stereocenters. The summed E-state index contributed by atoms with van der Waals surface area (Å²) < 4.78 is 5.65. The van der Waals surface area contributed by atoms with Crippen molar-refractivity contribution in [2.24, 2.45) is 0 Å². The van der Waals surface area contributed by atoms with Crippen LogP contribution in [0.5, 0.6) is 0 Å². The van der Waals surface area contributed by atoms with E-state index in [0.29, 0.717) is 40.2 Å². The molecule has 10 nitrogen and oxygen atoms in total. The Labute approximate surface area is 232 Å². The molecule has 2 heterocycles. The van der Waals surface area contributed by atoms with Crippen molar-refractivity contribution in [3.8, 4) is 23.0 Å². The van der Waals surface area contributed by atoms with Gasteiger partial charge in [0.1, 0.15) is 0 Å². The van der Waals surface area contributed by atoms with Gasteiger partial charge in [0, 0.05) is 17.7 Å². The molecule has 4 rings (SSSR count). The number of rotatable bonds is 14. The maximum absolute atomic E-state index is 12.5. The van der Waals surface area contributed by atoms with Crippen molar-refractivity contribution in [1.29, 1.82) is 0 Å². The number of H-pyrrole nitrogens is 1. The number of amides is 2. The Bertz CT molecular complexity index is 1370. The summed E-state index contributed by atoms with van der Waals surface area (Å²) >= 11 is 6.25. The Kier molecular flexibility index (Phi) is 10.1. The topological polar surface area (TPSA) is 138 Å². The smallest absolute Gasteiger partial charge is 0.295 e. The average molecular weight is 550 g/mol. The standard InChI is InChI=1S/C28H32ClN7O3/c1-2-3-4-5-6-10-15-30-27(38)20-13-14-21(29)22(16-20)33-24(37)18-32-28-31-17-23(39-28)26-34-25(35-36-26)19-11-8-7-9-12-19/h7-9,11-14,16-17H,2-6,10,15,18H2,1H3,(H,30,38)(H,31,32)(H,33,37)(H,34,35,36). The van der Waals surface area contributed by atoms with E-state index in [4.69, 9.17) is 16.0 Å². The molecule has 0 saturated carbocycles. The van der Waals surface area contributed by atoms with Crippen LogP contribution in [-0.2, 0) is 4.79 Å². The van der Waals surface area contributed by atoms with Crippen LogP contribution in [0, 0.1) is 0 Å². The van der Waals surface area contributed by atoms with E-state index in [0.717, 1.165) is 18.4 Å². The van der Waals surface area contributed by atoms with E-state index in [1.807, 2.05) is 30.3 Å². The molecular weight excluding hydrogens is 518 g/mol. The van der Waals surface area contributed by atoms with Gasteiger partial charge in [0.25, 0.3) is 11.9 Å². The van der Waals surface area contributed by atoms with Gasteiger partial charge in [0.2, 0.25) is 5.91 Å². The number of unbranched alkanes of at least 4 members (excludes halogenated alkanes) is 5. The van der Waals surface area contributed by atoms with Crippen molar-refractivity contribution in [1.82, 2.24) is 25.5 Å². The van der Waals surface area contributed by atoms with Gasteiger partial charge in [-0.3, -0.25) is 14.7 Å². The summed E-state index contributed by atoms with van der Waals surface area (Å²) in [5.74, 6) is 0.731. The van der Waals surface area contributed by atoms with Crippen molar-refractivity contribution >= 4 is 35.1 Å². The van der Waals surface area contributed by atoms with E-state index in [9.17, 15) is 9.59 Å². The van der Waals surface area contributed by atoms with Crippen LogP contribution < -0.4 is 16.0 Å². The number of oxazole rings is 1. The molecule has 0 radical (unpaired) electrons. The largest absolute Gasteiger partial charge is 0.420 e. The number of aromatic nitrogens is 4. The number of carbonyl (C=O) groups is 2. The number of aromatic amines is 1. The minimum atomic E-state index is -0.382. The fourth-order valence-electron chi connectivity index (χ4n) is 3.88. The molecule has 0 unspecified atom stereocenters. The summed E-state index contributed by atoms with van der Waals surface area (Å²) in [5, 5.41) is 15.8. The van der Waals surface area contributed by atoms with Gasteiger partial charge >= 0.3 is 0 Å². The summed E-state index contributed by atoms with van der Waals surface area (Å²) in [6.07, 6.45) is 8.38. The molecule has 2 amide bonds. The van der Waals surface area contributed by atoms with Crippen LogP contribution in [0.25, 0.3) is 23.0 Å². The zero-order valence-corrected chi connectivity index (χ0v) is 22.6. The number of anilines is 2. The second kappa shape index (κ2) is 14.1. The van der Waals surface area contributed by atoms with E-state index in [2.05, 4.69) is 43.0 Å². The monoisotopic (exact) mass is 549 g/mol. The van der Waals surface area contributed by atoms with Crippen LogP contribution in [0.4, 0.5) is 11.7 Å². The van der Waals surface area contributed by atoms with E-state index in [-0.39, 0.29) is 24.4 Å². The normalized spacial score (nSPS) is 10.8. The molecule has 0 saturated heterocycles. The first-order valence-electron chi connectivity index (χ1n) is 13.1. The summed E-state index contributed by atoms with van der Waals surface area (Å²) in [6.45, 7) is 2.67. The minimum absolute atomic E-state index is 0.129. The first-order valence-corrected chi connectivity index (χ1v) is 13.5. The van der Waals surface area contributed by atoms with Gasteiger partial charge in [-0.05, 0) is 24.6 Å². The third-order valence-corrected chi connectivity index (χ3v) is 6.30. The summed E-state index contributed by atoms with van der Waals surface area (Å²) in [4.78, 5) is 33.6. The molecule has 0 fully saturated rings. The van der Waals surface area contributed by atoms with Gasteiger partial charge in [0.05, 0.1) is 23.5 Å². The molecule has 2 aromatic carbocycles. The molecule has 4 aromatic rings. The molecule has 4 N–H and O–H groups in total. The van der Waals surface area contributed by atoms with Gasteiger partial charge in [-0.2, -0.15) is 5.10 Å². The highest BCUT2D eigenvalue weighted by Gasteiger charge is 2.14. The molecule has 2 aromatic heterocycles. The lowest BCUT2D eigenvalue weighted by molar-refractivity contribution is -0.114. The zero-order chi connectivity index (χ0) is 27.5. The van der Waals surface area contributed by atoms with Crippen molar-refractivity contribution in [2.75, 3.05) is 23.7 Å². The molecule has 11 heteroatoms. The Balaban J connectivity index is 1.25. The molecule has 0 aliphatic rings. The van der Waals surface area contributed by atoms with Crippen LogP contribution in [-0.4, -0.2) is 45.1 Å². The first-order chi connectivity index (χ1) is 19.0. The predicted molar refractivity (Wildman–Crippen MR) is 152 cm³/mol. The van der Waals surface area contributed by atoms with Crippen molar-refractivity contribution in [2.45, 2.75) is 45.4 Å². The molecule has 0 aliphatic carbocycles. The van der Waals surface area contributed by atoms with Crippen LogP contribution in [0.2, 0.25) is 5.02 Å². The number of benzene rings is 2. The Morgan fingerprint density at radius 1 is 1.03 bits per heavy atom. The quantitative estimate of drug-likeness (QED) is 0.143. The fourth-order valence-corrected chi connectivity index (χ4v) is 4.04. The average Bonchev–Trinajstić information content (AvgIpc) is 3.63. The number of hydrogen-bond acceptors (Lipinski definition) is 7. The lowest BCUT2D eigenvalue weighted by Crippen LogP contribution is -2.25. The molecule has 39 heavy (non-hydrogen) atoms. The lowest BCUT2D eigenvalue weighted by atomic mass is 10.1. The van der Waals surface area contributed by atoms with Crippen molar-refractivity contribution < 1.29 is 14.0 Å². The minimum Gasteiger partial charge on any atom is -0.420 e. The number of hydrogen-bond donors (Lipinski definition) is 4. The zero-order valence-electron chi connectivity index (χ0n) is 21.8. The van der Waals surface area contributed by atoms with Gasteiger partial charge in [-0.15, -0.1) is 0 Å².